The van der Waals surface area contributed by atoms with Gasteiger partial charge in [0.1, 0.15) is 0 Å². The highest BCUT2D eigenvalue weighted by Crippen LogP contribution is 2.23. The zero-order valence-electron chi connectivity index (χ0n) is 10.7. The summed E-state index contributed by atoms with van der Waals surface area (Å²) in [6.07, 6.45) is 2.21. The predicted octanol–water partition coefficient (Wildman–Crippen LogP) is 3.46. The maximum Gasteiger partial charge on any atom is 0.0462 e. The molecule has 0 bridgehead atoms. The Hall–Kier alpha value is -0.570. The Kier molecular flexibility index (Phi) is 7.25. The van der Waals surface area contributed by atoms with Crippen molar-refractivity contribution in [2.45, 2.75) is 25.7 Å². The minimum atomic E-state index is 0.517. The van der Waals surface area contributed by atoms with Gasteiger partial charge in [-0.25, -0.2) is 0 Å². The van der Waals surface area contributed by atoms with Gasteiger partial charge in [-0.1, -0.05) is 30.7 Å². The molecular weight excluding hydrogens is 234 g/mol. The summed E-state index contributed by atoms with van der Waals surface area (Å²) in [6.45, 7) is 4.95. The Labute approximate surface area is 109 Å². The topological polar surface area (TPSA) is 21.3 Å². The molecule has 0 amide bonds. The fourth-order valence-corrected chi connectivity index (χ4v) is 2.14. The minimum absolute atomic E-state index is 0.517. The first kappa shape index (κ1) is 14.5. The van der Waals surface area contributed by atoms with Gasteiger partial charge in [0.2, 0.25) is 0 Å². The van der Waals surface area contributed by atoms with E-state index in [0.29, 0.717) is 5.92 Å². The van der Waals surface area contributed by atoms with Crippen molar-refractivity contribution in [3.8, 4) is 0 Å². The summed E-state index contributed by atoms with van der Waals surface area (Å²) in [5, 5.41) is 4.22. The molecule has 0 saturated carbocycles. The van der Waals surface area contributed by atoms with Gasteiger partial charge in [-0.2, -0.15) is 0 Å². The summed E-state index contributed by atoms with van der Waals surface area (Å²) in [5.41, 5.74) is 1.31. The Morgan fingerprint density at radius 3 is 2.88 bits per heavy atom. The Bertz CT molecular complexity index is 317. The number of likely N-dealkylation sites (N-methyl/N-ethyl adjacent to an activating group) is 1. The molecule has 0 aliphatic rings. The van der Waals surface area contributed by atoms with Crippen LogP contribution in [0, 0.1) is 0 Å². The van der Waals surface area contributed by atoms with Crippen molar-refractivity contribution in [2.75, 3.05) is 26.8 Å². The predicted molar refractivity (Wildman–Crippen MR) is 73.8 cm³/mol. The lowest BCUT2D eigenvalue weighted by atomic mass is 9.94. The van der Waals surface area contributed by atoms with Gasteiger partial charge in [-0.05, 0) is 43.0 Å². The zero-order chi connectivity index (χ0) is 12.5. The Morgan fingerprint density at radius 1 is 1.41 bits per heavy atom. The summed E-state index contributed by atoms with van der Waals surface area (Å²) in [7, 11) is 1.75. The van der Waals surface area contributed by atoms with Crippen LogP contribution in [-0.4, -0.2) is 26.8 Å². The van der Waals surface area contributed by atoms with Gasteiger partial charge in [-0.3, -0.25) is 0 Å². The van der Waals surface area contributed by atoms with Crippen LogP contribution in [0.3, 0.4) is 0 Å². The van der Waals surface area contributed by atoms with Gasteiger partial charge >= 0.3 is 0 Å². The summed E-state index contributed by atoms with van der Waals surface area (Å²) in [5.74, 6) is 0.517. The van der Waals surface area contributed by atoms with Crippen LogP contribution in [0.25, 0.3) is 0 Å². The summed E-state index contributed by atoms with van der Waals surface area (Å²) in [4.78, 5) is 0. The van der Waals surface area contributed by atoms with Crippen molar-refractivity contribution in [3.63, 3.8) is 0 Å². The molecule has 0 spiro atoms. The van der Waals surface area contributed by atoms with Crippen molar-refractivity contribution in [3.05, 3.63) is 34.9 Å². The molecule has 1 aromatic rings. The van der Waals surface area contributed by atoms with E-state index in [9.17, 15) is 0 Å². The van der Waals surface area contributed by atoms with E-state index in [0.717, 1.165) is 37.6 Å². The number of nitrogens with one attached hydrogen (secondary N) is 1. The molecule has 1 N–H and O–H groups in total. The first-order valence-electron chi connectivity index (χ1n) is 6.23. The fraction of sp³-hybridized carbons (Fsp3) is 0.571. The number of rotatable bonds is 8. The minimum Gasteiger partial charge on any atom is -0.385 e. The van der Waals surface area contributed by atoms with Crippen molar-refractivity contribution >= 4 is 11.6 Å². The highest BCUT2D eigenvalue weighted by atomic mass is 35.5. The lowest BCUT2D eigenvalue weighted by molar-refractivity contribution is 0.190. The lowest BCUT2D eigenvalue weighted by Crippen LogP contribution is -2.21. The quantitative estimate of drug-likeness (QED) is 0.719. The molecule has 0 aliphatic heterocycles. The smallest absolute Gasteiger partial charge is 0.0462 e. The van der Waals surface area contributed by atoms with Crippen molar-refractivity contribution in [1.29, 1.82) is 0 Å². The van der Waals surface area contributed by atoms with E-state index in [1.165, 1.54) is 5.56 Å². The highest BCUT2D eigenvalue weighted by Gasteiger charge is 2.11. The Morgan fingerprint density at radius 2 is 2.24 bits per heavy atom. The number of hydrogen-bond acceptors (Lipinski definition) is 2. The van der Waals surface area contributed by atoms with Crippen LogP contribution in [0.15, 0.2) is 24.3 Å². The highest BCUT2D eigenvalue weighted by molar-refractivity contribution is 6.30. The monoisotopic (exact) mass is 255 g/mol. The maximum atomic E-state index is 6.04. The van der Waals surface area contributed by atoms with Gasteiger partial charge < -0.3 is 10.1 Å². The molecule has 0 heterocycles. The molecule has 0 fully saturated rings. The maximum absolute atomic E-state index is 6.04. The molecule has 1 aromatic carbocycles. The zero-order valence-corrected chi connectivity index (χ0v) is 11.5. The second-order valence-corrected chi connectivity index (χ2v) is 4.63. The standard InChI is InChI=1S/C14H22ClNO/c1-3-16-11-13(7-5-9-17-2)12-6-4-8-14(15)10-12/h4,6,8,10,13,16H,3,5,7,9,11H2,1-2H3. The van der Waals surface area contributed by atoms with Gasteiger partial charge in [0.15, 0.2) is 0 Å². The van der Waals surface area contributed by atoms with Crippen molar-refractivity contribution < 1.29 is 4.74 Å². The first-order valence-corrected chi connectivity index (χ1v) is 6.60. The van der Waals surface area contributed by atoms with Crippen LogP contribution in [0.5, 0.6) is 0 Å². The second kappa shape index (κ2) is 8.51. The molecule has 17 heavy (non-hydrogen) atoms. The van der Waals surface area contributed by atoms with E-state index >= 15 is 0 Å². The van der Waals surface area contributed by atoms with Gasteiger partial charge in [-0.15, -0.1) is 0 Å². The average molecular weight is 256 g/mol. The number of benzene rings is 1. The van der Waals surface area contributed by atoms with Gasteiger partial charge in [0.25, 0.3) is 0 Å². The lowest BCUT2D eigenvalue weighted by Gasteiger charge is -2.18. The van der Waals surface area contributed by atoms with Crippen molar-refractivity contribution in [1.82, 2.24) is 5.32 Å². The largest absolute Gasteiger partial charge is 0.385 e. The van der Waals surface area contributed by atoms with Gasteiger partial charge in [0.05, 0.1) is 0 Å². The number of halogens is 1. The molecule has 1 unspecified atom stereocenters. The average Bonchev–Trinajstić information content (AvgIpc) is 2.33. The molecule has 1 atom stereocenters. The van der Waals surface area contributed by atoms with E-state index in [4.69, 9.17) is 16.3 Å². The third-order valence-corrected chi connectivity index (χ3v) is 3.10. The van der Waals surface area contributed by atoms with Crippen molar-refractivity contribution in [2.24, 2.45) is 0 Å². The summed E-state index contributed by atoms with van der Waals surface area (Å²) < 4.78 is 5.11. The van der Waals surface area contributed by atoms with Crippen LogP contribution in [0.4, 0.5) is 0 Å². The number of ether oxygens (including phenoxy) is 1. The Balaban J connectivity index is 2.60. The van der Waals surface area contributed by atoms with Gasteiger partial charge in [0, 0.05) is 25.3 Å². The molecule has 0 radical (unpaired) electrons. The normalized spacial score (nSPS) is 12.6. The van der Waals surface area contributed by atoms with E-state index in [1.54, 1.807) is 7.11 Å². The molecule has 0 saturated heterocycles. The summed E-state index contributed by atoms with van der Waals surface area (Å²) >= 11 is 6.04. The van der Waals surface area contributed by atoms with Crippen LogP contribution in [0.1, 0.15) is 31.2 Å². The van der Waals surface area contributed by atoms with E-state index in [1.807, 2.05) is 12.1 Å². The third-order valence-electron chi connectivity index (χ3n) is 2.86. The molecule has 3 heteroatoms. The van der Waals surface area contributed by atoms with E-state index in [-0.39, 0.29) is 0 Å². The summed E-state index contributed by atoms with van der Waals surface area (Å²) in [6, 6.07) is 8.16. The molecule has 96 valence electrons. The first-order chi connectivity index (χ1) is 8.27. The third kappa shape index (κ3) is 5.53. The van der Waals surface area contributed by atoms with Crippen LogP contribution in [0.2, 0.25) is 5.02 Å². The second-order valence-electron chi connectivity index (χ2n) is 4.19. The van der Waals surface area contributed by atoms with E-state index in [2.05, 4.69) is 24.4 Å². The van der Waals surface area contributed by atoms with Crippen LogP contribution < -0.4 is 5.32 Å². The van der Waals surface area contributed by atoms with Crippen LogP contribution >= 0.6 is 11.6 Å². The van der Waals surface area contributed by atoms with Crippen LogP contribution in [-0.2, 0) is 4.74 Å². The SMILES string of the molecule is CCNCC(CCCOC)c1cccc(Cl)c1. The molecule has 0 aliphatic carbocycles. The van der Waals surface area contributed by atoms with E-state index < -0.39 is 0 Å². The molecular formula is C14H22ClNO. The molecule has 2 nitrogen and oxygen atoms in total. The number of hydrogen-bond donors (Lipinski definition) is 1. The fourth-order valence-electron chi connectivity index (χ4n) is 1.94. The molecule has 1 rings (SSSR count). The number of methoxy groups -OCH3 is 1. The molecule has 0 aromatic heterocycles.